The zero-order chi connectivity index (χ0) is 21.8. The first-order valence-electron chi connectivity index (χ1n) is 10.3. The highest BCUT2D eigenvalue weighted by molar-refractivity contribution is 5.74. The van der Waals surface area contributed by atoms with Crippen molar-refractivity contribution in [1.29, 1.82) is 0 Å². The van der Waals surface area contributed by atoms with Gasteiger partial charge in [0.25, 0.3) is 0 Å². The van der Waals surface area contributed by atoms with Gasteiger partial charge in [-0.15, -0.1) is 0 Å². The number of carbonyl (C=O) groups excluding carboxylic acids is 1. The molecule has 1 unspecified atom stereocenters. The minimum Gasteiger partial charge on any atom is -0.444 e. The molecule has 0 bridgehead atoms. The van der Waals surface area contributed by atoms with Crippen molar-refractivity contribution in [3.8, 4) is 11.1 Å². The van der Waals surface area contributed by atoms with Crippen LogP contribution in [-0.4, -0.2) is 26.6 Å². The molecule has 0 saturated carbocycles. The van der Waals surface area contributed by atoms with Crippen LogP contribution in [0.3, 0.4) is 0 Å². The number of aromatic amines is 1. The van der Waals surface area contributed by atoms with Crippen LogP contribution in [0.5, 0.6) is 0 Å². The van der Waals surface area contributed by atoms with Crippen molar-refractivity contribution < 1.29 is 9.53 Å². The summed E-state index contributed by atoms with van der Waals surface area (Å²) in [5.41, 5.74) is 4.45. The molecule has 1 amide bonds. The predicted octanol–water partition coefficient (Wildman–Crippen LogP) is 5.43. The lowest BCUT2D eigenvalue weighted by atomic mass is 10.0. The Kier molecular flexibility index (Phi) is 5.71. The highest BCUT2D eigenvalue weighted by Gasteiger charge is 2.23. The summed E-state index contributed by atoms with van der Waals surface area (Å²) in [6.45, 7) is 5.53. The number of imidazole rings is 1. The minimum absolute atomic E-state index is 0.371. The molecule has 0 radical (unpaired) electrons. The number of nitrogens with zero attached hydrogens (tertiary/aromatic N) is 2. The summed E-state index contributed by atoms with van der Waals surface area (Å²) in [6, 6.07) is 20.1. The van der Waals surface area contributed by atoms with Crippen LogP contribution in [0.4, 0.5) is 4.79 Å². The van der Waals surface area contributed by atoms with E-state index in [1.165, 1.54) is 5.56 Å². The maximum atomic E-state index is 12.5. The van der Waals surface area contributed by atoms with Crippen LogP contribution in [0.1, 0.15) is 38.2 Å². The van der Waals surface area contributed by atoms with E-state index in [4.69, 9.17) is 4.74 Å². The molecular formula is C25H26N4O2. The number of nitrogens with one attached hydrogen (secondary N) is 2. The summed E-state index contributed by atoms with van der Waals surface area (Å²) >= 11 is 0. The molecular weight excluding hydrogens is 388 g/mol. The zero-order valence-electron chi connectivity index (χ0n) is 17.9. The fourth-order valence-corrected chi connectivity index (χ4v) is 3.41. The molecule has 6 nitrogen and oxygen atoms in total. The van der Waals surface area contributed by atoms with Crippen LogP contribution in [0, 0.1) is 0 Å². The molecule has 2 aromatic heterocycles. The number of benzene rings is 2. The number of hydrogen-bond acceptors (Lipinski definition) is 4. The first-order valence-corrected chi connectivity index (χ1v) is 10.3. The Morgan fingerprint density at radius 3 is 2.42 bits per heavy atom. The lowest BCUT2D eigenvalue weighted by Gasteiger charge is -2.23. The fraction of sp³-hybridized carbons (Fsp3) is 0.240. The van der Waals surface area contributed by atoms with Crippen LogP contribution in [0.2, 0.25) is 0 Å². The maximum absolute atomic E-state index is 12.5. The Bertz CT molecular complexity index is 1130. The van der Waals surface area contributed by atoms with Gasteiger partial charge in [-0.3, -0.25) is 4.98 Å². The molecule has 4 rings (SSSR count). The Balaban J connectivity index is 1.58. The number of hydrogen-bond donors (Lipinski definition) is 2. The topological polar surface area (TPSA) is 79.9 Å². The van der Waals surface area contributed by atoms with Crippen molar-refractivity contribution in [1.82, 2.24) is 20.3 Å². The van der Waals surface area contributed by atoms with E-state index in [1.54, 1.807) is 12.4 Å². The Morgan fingerprint density at radius 2 is 1.74 bits per heavy atom. The van der Waals surface area contributed by atoms with Crippen molar-refractivity contribution in [2.24, 2.45) is 0 Å². The monoisotopic (exact) mass is 414 g/mol. The molecule has 2 aromatic carbocycles. The van der Waals surface area contributed by atoms with Crippen LogP contribution < -0.4 is 5.32 Å². The molecule has 0 spiro atoms. The molecule has 0 aliphatic carbocycles. The molecule has 0 fully saturated rings. The number of amides is 1. The number of rotatable bonds is 5. The van der Waals surface area contributed by atoms with E-state index in [0.717, 1.165) is 22.2 Å². The largest absolute Gasteiger partial charge is 0.444 e. The van der Waals surface area contributed by atoms with Crippen LogP contribution >= 0.6 is 0 Å². The number of carbonyl (C=O) groups is 1. The number of ether oxygens (including phenoxy) is 1. The third-order valence-corrected chi connectivity index (χ3v) is 4.82. The summed E-state index contributed by atoms with van der Waals surface area (Å²) in [5, 5.41) is 2.97. The van der Waals surface area contributed by atoms with Crippen LogP contribution in [0.15, 0.2) is 73.1 Å². The lowest BCUT2D eigenvalue weighted by molar-refractivity contribution is 0.0501. The molecule has 0 saturated heterocycles. The first kappa shape index (κ1) is 20.6. The second-order valence-corrected chi connectivity index (χ2v) is 8.48. The van der Waals surface area contributed by atoms with Crippen molar-refractivity contribution in [3.05, 3.63) is 84.4 Å². The summed E-state index contributed by atoms with van der Waals surface area (Å²) in [7, 11) is 0. The van der Waals surface area contributed by atoms with Crippen LogP contribution in [0.25, 0.3) is 22.2 Å². The number of pyridine rings is 1. The molecule has 0 aliphatic heterocycles. The standard InChI is InChI=1S/C25H26N4O2/c1-25(2,3)31-24(30)29-21(23-27-20-13-14-26-16-22(20)28-23)15-17-9-11-19(12-10-17)18-7-5-4-6-8-18/h4-14,16,21H,15H2,1-3H3,(H,27,28)(H,29,30). The second kappa shape index (κ2) is 8.60. The molecule has 31 heavy (non-hydrogen) atoms. The summed E-state index contributed by atoms with van der Waals surface area (Å²) in [5.74, 6) is 0.668. The Hall–Kier alpha value is -3.67. The average molecular weight is 415 g/mol. The van der Waals surface area contributed by atoms with Crippen molar-refractivity contribution >= 4 is 17.1 Å². The highest BCUT2D eigenvalue weighted by atomic mass is 16.6. The third-order valence-electron chi connectivity index (χ3n) is 4.82. The zero-order valence-corrected chi connectivity index (χ0v) is 17.9. The quantitative estimate of drug-likeness (QED) is 0.456. The summed E-state index contributed by atoms with van der Waals surface area (Å²) in [4.78, 5) is 24.6. The summed E-state index contributed by atoms with van der Waals surface area (Å²) in [6.07, 6.45) is 3.52. The average Bonchev–Trinajstić information content (AvgIpc) is 3.17. The van der Waals surface area contributed by atoms with E-state index in [9.17, 15) is 4.79 Å². The van der Waals surface area contributed by atoms with E-state index in [-0.39, 0.29) is 6.04 Å². The van der Waals surface area contributed by atoms with E-state index < -0.39 is 11.7 Å². The van der Waals surface area contributed by atoms with Gasteiger partial charge in [-0.25, -0.2) is 9.78 Å². The van der Waals surface area contributed by atoms with Gasteiger partial charge in [0.15, 0.2) is 0 Å². The van der Waals surface area contributed by atoms with E-state index >= 15 is 0 Å². The molecule has 158 valence electrons. The molecule has 1 atom stereocenters. The van der Waals surface area contributed by atoms with E-state index in [0.29, 0.717) is 12.2 Å². The van der Waals surface area contributed by atoms with Gasteiger partial charge in [0, 0.05) is 12.6 Å². The van der Waals surface area contributed by atoms with Gasteiger partial charge in [0.2, 0.25) is 0 Å². The van der Waals surface area contributed by atoms with Gasteiger partial charge in [0.05, 0.1) is 23.3 Å². The van der Waals surface area contributed by atoms with Gasteiger partial charge < -0.3 is 15.0 Å². The first-order chi connectivity index (χ1) is 14.9. The van der Waals surface area contributed by atoms with Gasteiger partial charge in [-0.05, 0) is 43.5 Å². The minimum atomic E-state index is -0.580. The Morgan fingerprint density at radius 1 is 1.03 bits per heavy atom. The van der Waals surface area contributed by atoms with Gasteiger partial charge in [0.1, 0.15) is 11.4 Å². The lowest BCUT2D eigenvalue weighted by Crippen LogP contribution is -2.36. The van der Waals surface area contributed by atoms with Gasteiger partial charge in [-0.2, -0.15) is 0 Å². The smallest absolute Gasteiger partial charge is 0.408 e. The molecule has 0 aliphatic rings. The molecule has 2 N–H and O–H groups in total. The predicted molar refractivity (Wildman–Crippen MR) is 122 cm³/mol. The molecule has 4 aromatic rings. The van der Waals surface area contributed by atoms with Crippen molar-refractivity contribution in [3.63, 3.8) is 0 Å². The highest BCUT2D eigenvalue weighted by Crippen LogP contribution is 2.23. The van der Waals surface area contributed by atoms with Crippen molar-refractivity contribution in [2.75, 3.05) is 0 Å². The van der Waals surface area contributed by atoms with Crippen LogP contribution in [-0.2, 0) is 11.2 Å². The normalized spacial score (nSPS) is 12.5. The SMILES string of the molecule is CC(C)(C)OC(=O)NC(Cc1ccc(-c2ccccc2)cc1)c1nc2ccncc2[nH]1. The third kappa shape index (κ3) is 5.28. The fourth-order valence-electron chi connectivity index (χ4n) is 3.41. The van der Waals surface area contributed by atoms with E-state index in [1.807, 2.05) is 45.0 Å². The number of fused-ring (bicyclic) bond motifs is 1. The molecule has 6 heteroatoms. The summed E-state index contributed by atoms with van der Waals surface area (Å²) < 4.78 is 5.47. The Labute approximate surface area is 181 Å². The van der Waals surface area contributed by atoms with Gasteiger partial charge in [-0.1, -0.05) is 54.6 Å². The van der Waals surface area contributed by atoms with Gasteiger partial charge >= 0.3 is 6.09 Å². The number of H-pyrrole nitrogens is 1. The van der Waals surface area contributed by atoms with E-state index in [2.05, 4.69) is 56.7 Å². The second-order valence-electron chi connectivity index (χ2n) is 8.48. The number of aromatic nitrogens is 3. The number of alkyl carbamates (subject to hydrolysis) is 1. The maximum Gasteiger partial charge on any atom is 0.408 e. The molecule has 2 heterocycles. The van der Waals surface area contributed by atoms with Crippen molar-refractivity contribution in [2.45, 2.75) is 38.8 Å².